The number of carbonyl (C=O) groups excluding carboxylic acids is 1. The molecule has 108 valence electrons. The van der Waals surface area contributed by atoms with Crippen molar-refractivity contribution in [3.8, 4) is 5.75 Å². The van der Waals surface area contributed by atoms with Gasteiger partial charge in [-0.2, -0.15) is 0 Å². The number of amides is 1. The number of rotatable bonds is 6. The van der Waals surface area contributed by atoms with Crippen LogP contribution in [0.5, 0.6) is 5.75 Å². The molecule has 2 rings (SSSR count). The maximum atomic E-state index is 10.7. The Kier molecular flexibility index (Phi) is 5.00. The molecule has 0 aliphatic carbocycles. The number of carbonyl (C=O) groups is 1. The van der Waals surface area contributed by atoms with Crippen molar-refractivity contribution in [2.45, 2.75) is 19.4 Å². The van der Waals surface area contributed by atoms with Crippen LogP contribution in [0.4, 0.5) is 0 Å². The van der Waals surface area contributed by atoms with Gasteiger partial charge in [0.25, 0.3) is 0 Å². The van der Waals surface area contributed by atoms with Crippen LogP contribution in [0.25, 0.3) is 0 Å². The Morgan fingerprint density at radius 1 is 1.60 bits per heavy atom. The second-order valence-corrected chi connectivity index (χ2v) is 4.66. The lowest BCUT2D eigenvalue weighted by Crippen LogP contribution is -2.30. The fourth-order valence-electron chi connectivity index (χ4n) is 2.23. The Morgan fingerprint density at radius 2 is 2.40 bits per heavy atom. The smallest absolute Gasteiger partial charge is 0.494 e. The predicted molar refractivity (Wildman–Crippen MR) is 75.7 cm³/mol. The minimum Gasteiger partial charge on any atom is -0.494 e. The first kappa shape index (κ1) is 14.8. The quantitative estimate of drug-likeness (QED) is 0.473. The molecule has 1 heterocycles. The van der Waals surface area contributed by atoms with E-state index in [0.29, 0.717) is 37.3 Å². The molecule has 0 spiro atoms. The number of nitrogens with one attached hydrogen (secondary N) is 1. The first-order valence-corrected chi connectivity index (χ1v) is 6.67. The Labute approximate surface area is 118 Å². The molecule has 1 aromatic carbocycles. The molecule has 0 saturated heterocycles. The van der Waals surface area contributed by atoms with Crippen molar-refractivity contribution in [1.82, 2.24) is 5.32 Å². The number of nitrogens with two attached hydrogens (primary N) is 1. The van der Waals surface area contributed by atoms with Gasteiger partial charge in [-0.1, -0.05) is 12.1 Å². The monoisotopic (exact) mass is 278 g/mol. The van der Waals surface area contributed by atoms with Crippen LogP contribution in [-0.2, 0) is 9.45 Å². The van der Waals surface area contributed by atoms with Gasteiger partial charge in [0.05, 0.1) is 12.7 Å². The third-order valence-corrected chi connectivity index (χ3v) is 3.15. The lowest BCUT2D eigenvalue weighted by atomic mass is 9.78. The number of ether oxygens (including phenoxy) is 1. The molecule has 1 aliphatic rings. The van der Waals surface area contributed by atoms with E-state index in [4.69, 9.17) is 15.1 Å². The molecule has 1 amide bonds. The van der Waals surface area contributed by atoms with Gasteiger partial charge in [0.2, 0.25) is 5.91 Å². The van der Waals surface area contributed by atoms with Gasteiger partial charge in [-0.15, -0.1) is 0 Å². The maximum absolute atomic E-state index is 10.7. The summed E-state index contributed by atoms with van der Waals surface area (Å²) < 4.78 is 11.0. The van der Waals surface area contributed by atoms with Crippen molar-refractivity contribution in [1.29, 1.82) is 0 Å². The minimum atomic E-state index is -0.995. The molecule has 0 aromatic heterocycles. The molecule has 0 fully saturated rings. The molecule has 7 heteroatoms. The number of hydrogen-bond donors (Lipinski definition) is 3. The van der Waals surface area contributed by atoms with Crippen LogP contribution >= 0.6 is 0 Å². The molecule has 0 radical (unpaired) electrons. The highest BCUT2D eigenvalue weighted by Crippen LogP contribution is 2.26. The summed E-state index contributed by atoms with van der Waals surface area (Å²) in [7, 11) is -0.995. The van der Waals surface area contributed by atoms with Crippen LogP contribution in [0.3, 0.4) is 0 Å². The molecule has 1 aliphatic heterocycles. The van der Waals surface area contributed by atoms with E-state index in [-0.39, 0.29) is 12.0 Å². The van der Waals surface area contributed by atoms with E-state index in [1.807, 2.05) is 12.1 Å². The minimum absolute atomic E-state index is 0.0554. The number of benzene rings is 1. The van der Waals surface area contributed by atoms with E-state index in [1.165, 1.54) is 6.92 Å². The van der Waals surface area contributed by atoms with E-state index in [1.54, 1.807) is 6.07 Å². The summed E-state index contributed by atoms with van der Waals surface area (Å²) in [6.45, 7) is 2.81. The predicted octanol–water partition coefficient (Wildman–Crippen LogP) is -0.691. The molecule has 1 aromatic rings. The highest BCUT2D eigenvalue weighted by molar-refractivity contribution is 6.62. The zero-order chi connectivity index (χ0) is 14.5. The number of fused-ring (bicyclic) bond motifs is 1. The van der Waals surface area contributed by atoms with Crippen LogP contribution < -0.4 is 21.3 Å². The van der Waals surface area contributed by atoms with Crippen molar-refractivity contribution < 1.29 is 19.2 Å². The third-order valence-electron chi connectivity index (χ3n) is 3.15. The van der Waals surface area contributed by atoms with Gasteiger partial charge in [-0.05, 0) is 18.1 Å². The fraction of sp³-hybridized carbons (Fsp3) is 0.462. The first-order chi connectivity index (χ1) is 9.63. The normalized spacial score (nSPS) is 16.9. The fourth-order valence-corrected chi connectivity index (χ4v) is 2.23. The molecule has 1 atom stereocenters. The van der Waals surface area contributed by atoms with Gasteiger partial charge in [-0.25, -0.2) is 0 Å². The topological polar surface area (TPSA) is 93.8 Å². The maximum Gasteiger partial charge on any atom is 0.495 e. The summed E-state index contributed by atoms with van der Waals surface area (Å²) >= 11 is 0. The average Bonchev–Trinajstić information content (AvgIpc) is 2.75. The Morgan fingerprint density at radius 3 is 3.10 bits per heavy atom. The Balaban J connectivity index is 1.96. The first-order valence-electron chi connectivity index (χ1n) is 6.67. The Bertz CT molecular complexity index is 483. The molecule has 6 nitrogen and oxygen atoms in total. The van der Waals surface area contributed by atoms with Crippen LogP contribution in [-0.4, -0.2) is 37.7 Å². The number of hydrogen-bond acceptors (Lipinski definition) is 5. The van der Waals surface area contributed by atoms with Gasteiger partial charge in [0.1, 0.15) is 5.75 Å². The van der Waals surface area contributed by atoms with Crippen LogP contribution in [0.2, 0.25) is 0 Å². The zero-order valence-electron chi connectivity index (χ0n) is 11.5. The summed E-state index contributed by atoms with van der Waals surface area (Å²) in [6.07, 6.45) is 0.406. The standard InChI is InChI=1S/C13H19BN2O4/c1-9(17)16-6-3-7-19-11-5-2-4-10-12(8-15)20-14(18)13(10)11/h2,4-5,12,18H,3,6-8,15H2,1H3,(H,16,17). The van der Waals surface area contributed by atoms with Crippen LogP contribution in [0, 0.1) is 0 Å². The summed E-state index contributed by atoms with van der Waals surface area (Å²) in [4.78, 5) is 10.7. The van der Waals surface area contributed by atoms with Crippen LogP contribution in [0.1, 0.15) is 25.0 Å². The van der Waals surface area contributed by atoms with Crippen molar-refractivity contribution in [2.24, 2.45) is 5.73 Å². The molecule has 0 bridgehead atoms. The van der Waals surface area contributed by atoms with E-state index < -0.39 is 7.12 Å². The van der Waals surface area contributed by atoms with Crippen LogP contribution in [0.15, 0.2) is 18.2 Å². The van der Waals surface area contributed by atoms with Crippen molar-refractivity contribution >= 4 is 18.5 Å². The Hall–Kier alpha value is -1.57. The van der Waals surface area contributed by atoms with E-state index >= 15 is 0 Å². The van der Waals surface area contributed by atoms with Gasteiger partial charge < -0.3 is 25.5 Å². The summed E-state index contributed by atoms with van der Waals surface area (Å²) in [5, 5.41) is 12.6. The molecular weight excluding hydrogens is 259 g/mol. The average molecular weight is 278 g/mol. The van der Waals surface area contributed by atoms with Gasteiger partial charge in [-0.3, -0.25) is 4.79 Å². The van der Waals surface area contributed by atoms with E-state index in [0.717, 1.165) is 5.56 Å². The summed E-state index contributed by atoms with van der Waals surface area (Å²) in [6, 6.07) is 5.53. The largest absolute Gasteiger partial charge is 0.495 e. The third kappa shape index (κ3) is 3.30. The van der Waals surface area contributed by atoms with Gasteiger partial charge in [0.15, 0.2) is 0 Å². The van der Waals surface area contributed by atoms with E-state index in [9.17, 15) is 9.82 Å². The molecule has 20 heavy (non-hydrogen) atoms. The molecule has 0 saturated carbocycles. The van der Waals surface area contributed by atoms with Crippen molar-refractivity contribution in [3.63, 3.8) is 0 Å². The summed E-state index contributed by atoms with van der Waals surface area (Å²) in [5.41, 5.74) is 7.14. The second-order valence-electron chi connectivity index (χ2n) is 4.66. The highest BCUT2D eigenvalue weighted by Gasteiger charge is 2.37. The molecule has 4 N–H and O–H groups in total. The van der Waals surface area contributed by atoms with Gasteiger partial charge >= 0.3 is 7.12 Å². The van der Waals surface area contributed by atoms with Crippen molar-refractivity contribution in [2.75, 3.05) is 19.7 Å². The SMILES string of the molecule is CC(=O)NCCCOc1cccc2c1B(O)OC2CN. The molecular formula is C13H19BN2O4. The van der Waals surface area contributed by atoms with Gasteiger partial charge in [0, 0.05) is 25.5 Å². The lowest BCUT2D eigenvalue weighted by molar-refractivity contribution is -0.118. The zero-order valence-corrected chi connectivity index (χ0v) is 11.5. The lowest BCUT2D eigenvalue weighted by Gasteiger charge is -2.11. The molecule has 1 unspecified atom stereocenters. The van der Waals surface area contributed by atoms with E-state index in [2.05, 4.69) is 5.32 Å². The van der Waals surface area contributed by atoms with Crippen molar-refractivity contribution in [3.05, 3.63) is 23.8 Å². The second kappa shape index (κ2) is 6.74. The highest BCUT2D eigenvalue weighted by atomic mass is 16.5. The summed E-state index contributed by atoms with van der Waals surface area (Å²) in [5.74, 6) is 0.550.